The summed E-state index contributed by atoms with van der Waals surface area (Å²) in [6.07, 6.45) is 11.9. The first-order chi connectivity index (χ1) is 15.2. The fourth-order valence-corrected chi connectivity index (χ4v) is 4.26. The molecule has 1 aliphatic carbocycles. The average Bonchev–Trinajstić information content (AvgIpc) is 3.56. The minimum absolute atomic E-state index is 0.0508. The van der Waals surface area contributed by atoms with Crippen molar-refractivity contribution in [2.24, 2.45) is 4.99 Å². The zero-order valence-corrected chi connectivity index (χ0v) is 16.7. The first-order valence-corrected chi connectivity index (χ1v) is 10.4. The van der Waals surface area contributed by atoms with Gasteiger partial charge < -0.3 is 4.90 Å². The fraction of sp³-hybridized carbons (Fsp3) is 0.261. The molecule has 7 nitrogen and oxygen atoms in total. The second kappa shape index (κ2) is 6.94. The van der Waals surface area contributed by atoms with Crippen LogP contribution in [0.25, 0.3) is 16.8 Å². The standard InChI is InChI=1S/C23H19FN6O/c24-20-4-3-15(10-26-20)16-5-7-25-23-17(16)6-8-30-19(23)9-21(27-11-22(30)31)29-12-18(28-13-29)14-1-2-14/h3-5,7,9-10,12-14H,1-2,6,8,11H2. The highest BCUT2D eigenvalue weighted by Crippen LogP contribution is 2.39. The third-order valence-corrected chi connectivity index (χ3v) is 6.02. The van der Waals surface area contributed by atoms with Crippen LogP contribution in [-0.2, 0) is 11.2 Å². The quantitative estimate of drug-likeness (QED) is 0.604. The molecule has 0 aromatic carbocycles. The average molecular weight is 414 g/mol. The smallest absolute Gasteiger partial charge is 0.248 e. The van der Waals surface area contributed by atoms with Crippen LogP contribution in [0, 0.1) is 5.95 Å². The molecule has 3 aliphatic rings. The second-order valence-corrected chi connectivity index (χ2v) is 8.03. The van der Waals surface area contributed by atoms with E-state index in [9.17, 15) is 9.18 Å². The number of carbonyl (C=O) groups is 1. The molecule has 3 aromatic rings. The van der Waals surface area contributed by atoms with Crippen molar-refractivity contribution in [3.8, 4) is 11.1 Å². The maximum atomic E-state index is 13.3. The lowest BCUT2D eigenvalue weighted by molar-refractivity contribution is -0.126. The zero-order valence-electron chi connectivity index (χ0n) is 16.7. The summed E-state index contributed by atoms with van der Waals surface area (Å²) in [4.78, 5) is 32.1. The number of aromatic nitrogens is 4. The van der Waals surface area contributed by atoms with E-state index in [1.165, 1.54) is 25.1 Å². The molecule has 0 saturated heterocycles. The van der Waals surface area contributed by atoms with E-state index in [1.807, 2.05) is 22.9 Å². The van der Waals surface area contributed by atoms with E-state index < -0.39 is 5.95 Å². The number of hydrogen-bond acceptors (Lipinski definition) is 5. The summed E-state index contributed by atoms with van der Waals surface area (Å²) in [7, 11) is 0. The van der Waals surface area contributed by atoms with E-state index in [0.717, 1.165) is 33.8 Å². The summed E-state index contributed by atoms with van der Waals surface area (Å²) in [5, 5.41) is 0. The van der Waals surface area contributed by atoms with Gasteiger partial charge in [-0.2, -0.15) is 4.39 Å². The van der Waals surface area contributed by atoms with E-state index in [2.05, 4.69) is 19.9 Å². The molecule has 0 spiro atoms. The molecule has 1 saturated carbocycles. The number of rotatable bonds is 2. The maximum absolute atomic E-state index is 13.3. The van der Waals surface area contributed by atoms with Crippen molar-refractivity contribution in [3.63, 3.8) is 0 Å². The van der Waals surface area contributed by atoms with Crippen LogP contribution in [0.15, 0.2) is 54.2 Å². The lowest BCUT2D eigenvalue weighted by Gasteiger charge is -2.30. The number of fused-ring (bicyclic) bond motifs is 3. The van der Waals surface area contributed by atoms with Gasteiger partial charge in [0.1, 0.15) is 18.7 Å². The van der Waals surface area contributed by atoms with Gasteiger partial charge in [0.25, 0.3) is 0 Å². The molecular formula is C23H19FN6O. The Kier molecular flexibility index (Phi) is 4.05. The molecule has 154 valence electrons. The van der Waals surface area contributed by atoms with Crippen LogP contribution in [0.2, 0.25) is 0 Å². The summed E-state index contributed by atoms with van der Waals surface area (Å²) in [6.45, 7) is 0.633. The predicted molar refractivity (Wildman–Crippen MR) is 113 cm³/mol. The van der Waals surface area contributed by atoms with Crippen molar-refractivity contribution >= 4 is 17.4 Å². The van der Waals surface area contributed by atoms with Crippen LogP contribution in [0.4, 0.5) is 4.39 Å². The zero-order chi connectivity index (χ0) is 20.9. The van der Waals surface area contributed by atoms with Crippen LogP contribution < -0.4 is 0 Å². The number of halogens is 1. The Morgan fingerprint density at radius 1 is 1.10 bits per heavy atom. The molecule has 2 aliphatic heterocycles. The molecule has 0 atom stereocenters. The van der Waals surface area contributed by atoms with Gasteiger partial charge in [-0.25, -0.2) is 9.97 Å². The van der Waals surface area contributed by atoms with Crippen molar-refractivity contribution in [3.05, 3.63) is 72.1 Å². The van der Waals surface area contributed by atoms with E-state index in [4.69, 9.17) is 0 Å². The lowest BCUT2D eigenvalue weighted by Crippen LogP contribution is -2.36. The summed E-state index contributed by atoms with van der Waals surface area (Å²) >= 11 is 0. The Morgan fingerprint density at radius 3 is 2.81 bits per heavy atom. The van der Waals surface area contributed by atoms with Crippen molar-refractivity contribution in [1.29, 1.82) is 0 Å². The first kappa shape index (κ1) is 18.1. The molecule has 6 rings (SSSR count). The van der Waals surface area contributed by atoms with Gasteiger partial charge in [0.2, 0.25) is 11.9 Å². The van der Waals surface area contributed by atoms with Gasteiger partial charge in [-0.05, 0) is 48.6 Å². The van der Waals surface area contributed by atoms with E-state index in [-0.39, 0.29) is 12.5 Å². The molecule has 0 N–H and O–H groups in total. The highest BCUT2D eigenvalue weighted by atomic mass is 19.1. The Morgan fingerprint density at radius 2 is 2.00 bits per heavy atom. The number of hydrogen-bond donors (Lipinski definition) is 0. The molecule has 0 unspecified atom stereocenters. The predicted octanol–water partition coefficient (Wildman–Crippen LogP) is 3.04. The molecule has 0 bridgehead atoms. The van der Waals surface area contributed by atoms with Crippen molar-refractivity contribution in [2.45, 2.75) is 25.2 Å². The fourth-order valence-electron chi connectivity index (χ4n) is 4.26. The summed E-state index contributed by atoms with van der Waals surface area (Å²) < 4.78 is 15.2. The molecule has 1 fully saturated rings. The Balaban J connectivity index is 1.45. The van der Waals surface area contributed by atoms with Gasteiger partial charge in [0.15, 0.2) is 0 Å². The Bertz CT molecular complexity index is 1260. The van der Waals surface area contributed by atoms with E-state index in [0.29, 0.717) is 24.7 Å². The van der Waals surface area contributed by atoms with Crippen LogP contribution in [-0.4, -0.2) is 49.3 Å². The van der Waals surface area contributed by atoms with Gasteiger partial charge in [-0.15, -0.1) is 0 Å². The van der Waals surface area contributed by atoms with E-state index in [1.54, 1.807) is 23.5 Å². The lowest BCUT2D eigenvalue weighted by atomic mass is 9.93. The van der Waals surface area contributed by atoms with Crippen molar-refractivity contribution < 1.29 is 9.18 Å². The third-order valence-electron chi connectivity index (χ3n) is 6.02. The Hall–Kier alpha value is -3.68. The minimum Gasteiger partial charge on any atom is -0.308 e. The second-order valence-electron chi connectivity index (χ2n) is 8.03. The minimum atomic E-state index is -0.512. The number of allylic oxidation sites excluding steroid dienone is 1. The number of nitrogens with zero attached hydrogens (tertiary/aromatic N) is 6. The summed E-state index contributed by atoms with van der Waals surface area (Å²) in [5.41, 5.74) is 5.36. The van der Waals surface area contributed by atoms with Crippen LogP contribution >= 0.6 is 0 Å². The molecule has 31 heavy (non-hydrogen) atoms. The summed E-state index contributed by atoms with van der Waals surface area (Å²) in [6, 6.07) is 4.98. The molecular weight excluding hydrogens is 395 g/mol. The first-order valence-electron chi connectivity index (χ1n) is 10.4. The summed E-state index contributed by atoms with van der Waals surface area (Å²) in [5.74, 6) is 0.655. The molecule has 5 heterocycles. The molecule has 1 amide bonds. The van der Waals surface area contributed by atoms with Gasteiger partial charge in [0.05, 0.1) is 17.1 Å². The molecule has 0 radical (unpaired) electrons. The van der Waals surface area contributed by atoms with Gasteiger partial charge in [-0.1, -0.05) is 0 Å². The topological polar surface area (TPSA) is 76.3 Å². The number of carbonyl (C=O) groups excluding carboxylic acids is 1. The van der Waals surface area contributed by atoms with Crippen LogP contribution in [0.1, 0.15) is 35.7 Å². The van der Waals surface area contributed by atoms with Crippen LogP contribution in [0.3, 0.4) is 0 Å². The normalized spacial score (nSPS) is 18.1. The maximum Gasteiger partial charge on any atom is 0.248 e. The monoisotopic (exact) mass is 414 g/mol. The number of imidazole rings is 1. The Labute approximate surface area is 178 Å². The number of pyridine rings is 2. The molecule has 3 aromatic heterocycles. The largest absolute Gasteiger partial charge is 0.308 e. The highest BCUT2D eigenvalue weighted by Gasteiger charge is 2.31. The van der Waals surface area contributed by atoms with E-state index >= 15 is 0 Å². The van der Waals surface area contributed by atoms with Gasteiger partial charge in [0, 0.05) is 42.7 Å². The molecule has 8 heteroatoms. The van der Waals surface area contributed by atoms with Gasteiger partial charge in [-0.3, -0.25) is 19.3 Å². The number of amides is 1. The van der Waals surface area contributed by atoms with Crippen molar-refractivity contribution in [1.82, 2.24) is 24.4 Å². The van der Waals surface area contributed by atoms with Gasteiger partial charge >= 0.3 is 0 Å². The van der Waals surface area contributed by atoms with Crippen LogP contribution in [0.5, 0.6) is 0 Å². The van der Waals surface area contributed by atoms with Crippen molar-refractivity contribution in [2.75, 3.05) is 13.1 Å². The number of aliphatic imine (C=N–C) groups is 1. The third kappa shape index (κ3) is 3.15. The SMILES string of the molecule is O=C1CN=C(n2cnc(C3CC3)c2)C=C2c3nccc(-c4ccc(F)nc4)c3CCN12. The highest BCUT2D eigenvalue weighted by molar-refractivity contribution is 6.06.